The first-order valence-electron chi connectivity index (χ1n) is 12.8. The fourth-order valence-corrected chi connectivity index (χ4v) is 4.51. The van der Waals surface area contributed by atoms with Gasteiger partial charge >= 0.3 is 6.18 Å². The van der Waals surface area contributed by atoms with Gasteiger partial charge in [-0.15, -0.1) is 0 Å². The second-order valence-corrected chi connectivity index (χ2v) is 9.76. The standard InChI is InChI=1S/C32H27F3N4O/c1-19-11-12-22(21(3)37-30(40)24-8-6-9-26(16-24)32(33,34)35)17-27(19)23-13-14-29-25(15-23)18-36-31(39-29)38-28-10-5-4-7-20(28)2/h4-18,21H,1-3H3,(H,37,40)(H,36,38,39). The SMILES string of the molecule is Cc1ccccc1Nc1ncc2cc(-c3cc(C(C)NC(=O)c4cccc(C(F)(F)F)c4)ccc3C)ccc2n1. The molecule has 0 radical (unpaired) electrons. The minimum atomic E-state index is -4.52. The van der Waals surface area contributed by atoms with E-state index in [0.29, 0.717) is 5.95 Å². The number of nitrogens with zero attached hydrogens (tertiary/aromatic N) is 2. The number of anilines is 2. The van der Waals surface area contributed by atoms with Gasteiger partial charge in [-0.3, -0.25) is 4.79 Å². The summed E-state index contributed by atoms with van der Waals surface area (Å²) in [5.41, 5.74) is 5.74. The number of benzene rings is 4. The van der Waals surface area contributed by atoms with Crippen molar-refractivity contribution in [3.05, 3.63) is 119 Å². The third-order valence-corrected chi connectivity index (χ3v) is 6.84. The molecule has 1 unspecified atom stereocenters. The van der Waals surface area contributed by atoms with Gasteiger partial charge in [0.05, 0.1) is 17.1 Å². The molecule has 0 fully saturated rings. The number of fused-ring (bicyclic) bond motifs is 1. The van der Waals surface area contributed by atoms with Gasteiger partial charge in [-0.2, -0.15) is 13.2 Å². The van der Waals surface area contributed by atoms with Crippen molar-refractivity contribution in [1.29, 1.82) is 0 Å². The molecule has 0 saturated carbocycles. The Morgan fingerprint density at radius 2 is 1.68 bits per heavy atom. The Morgan fingerprint density at radius 3 is 2.45 bits per heavy atom. The lowest BCUT2D eigenvalue weighted by atomic mass is 9.95. The van der Waals surface area contributed by atoms with Gasteiger partial charge in [0.25, 0.3) is 5.91 Å². The summed E-state index contributed by atoms with van der Waals surface area (Å²) < 4.78 is 39.2. The largest absolute Gasteiger partial charge is 0.416 e. The summed E-state index contributed by atoms with van der Waals surface area (Å²) in [4.78, 5) is 21.9. The van der Waals surface area contributed by atoms with Crippen LogP contribution in [0.3, 0.4) is 0 Å². The molecule has 0 aliphatic heterocycles. The fourth-order valence-electron chi connectivity index (χ4n) is 4.51. The minimum Gasteiger partial charge on any atom is -0.346 e. The smallest absolute Gasteiger partial charge is 0.346 e. The highest BCUT2D eigenvalue weighted by Crippen LogP contribution is 2.31. The molecule has 8 heteroatoms. The van der Waals surface area contributed by atoms with Crippen LogP contribution in [0.25, 0.3) is 22.0 Å². The molecule has 2 N–H and O–H groups in total. The van der Waals surface area contributed by atoms with Crippen LogP contribution < -0.4 is 10.6 Å². The summed E-state index contributed by atoms with van der Waals surface area (Å²) in [7, 11) is 0. The number of carbonyl (C=O) groups is 1. The molecule has 5 rings (SSSR count). The average molecular weight is 541 g/mol. The Morgan fingerprint density at radius 1 is 0.875 bits per heavy atom. The van der Waals surface area contributed by atoms with Crippen LogP contribution in [0.5, 0.6) is 0 Å². The molecule has 4 aromatic carbocycles. The van der Waals surface area contributed by atoms with Crippen molar-refractivity contribution in [2.45, 2.75) is 33.0 Å². The highest BCUT2D eigenvalue weighted by atomic mass is 19.4. The average Bonchev–Trinajstić information content (AvgIpc) is 2.94. The predicted octanol–water partition coefficient (Wildman–Crippen LogP) is 8.17. The van der Waals surface area contributed by atoms with E-state index in [1.807, 2.05) is 74.5 Å². The molecule has 202 valence electrons. The molecule has 1 aromatic heterocycles. The fraction of sp³-hybridized carbons (Fsp3) is 0.156. The van der Waals surface area contributed by atoms with E-state index in [0.717, 1.165) is 56.5 Å². The summed E-state index contributed by atoms with van der Waals surface area (Å²) in [5, 5.41) is 6.96. The van der Waals surface area contributed by atoms with Crippen molar-refractivity contribution in [3.8, 4) is 11.1 Å². The first kappa shape index (κ1) is 26.9. The van der Waals surface area contributed by atoms with E-state index >= 15 is 0 Å². The third kappa shape index (κ3) is 5.81. The Bertz CT molecular complexity index is 1710. The molecule has 0 aliphatic rings. The van der Waals surface area contributed by atoms with Crippen LogP contribution in [0.1, 0.15) is 45.6 Å². The van der Waals surface area contributed by atoms with Crippen LogP contribution in [0.2, 0.25) is 0 Å². The lowest BCUT2D eigenvalue weighted by molar-refractivity contribution is -0.137. The number of hydrogen-bond donors (Lipinski definition) is 2. The lowest BCUT2D eigenvalue weighted by Crippen LogP contribution is -2.27. The van der Waals surface area contributed by atoms with E-state index in [2.05, 4.69) is 20.6 Å². The molecule has 0 saturated heterocycles. The molecule has 5 nitrogen and oxygen atoms in total. The zero-order valence-corrected chi connectivity index (χ0v) is 22.2. The number of hydrogen-bond acceptors (Lipinski definition) is 4. The number of amides is 1. The van der Waals surface area contributed by atoms with Crippen LogP contribution >= 0.6 is 0 Å². The quantitative estimate of drug-likeness (QED) is 0.228. The minimum absolute atomic E-state index is 0.0418. The highest BCUT2D eigenvalue weighted by molar-refractivity contribution is 5.94. The summed E-state index contributed by atoms with van der Waals surface area (Å²) in [6, 6.07) is 23.7. The van der Waals surface area contributed by atoms with Crippen molar-refractivity contribution < 1.29 is 18.0 Å². The van der Waals surface area contributed by atoms with Gasteiger partial charge < -0.3 is 10.6 Å². The number of alkyl halides is 3. The molecule has 1 amide bonds. The monoisotopic (exact) mass is 540 g/mol. The first-order chi connectivity index (χ1) is 19.1. The van der Waals surface area contributed by atoms with Crippen molar-refractivity contribution in [3.63, 3.8) is 0 Å². The number of aromatic nitrogens is 2. The molecule has 1 atom stereocenters. The number of rotatable bonds is 6. The van der Waals surface area contributed by atoms with Gasteiger partial charge in [-0.1, -0.05) is 42.5 Å². The molecule has 0 spiro atoms. The molecule has 1 heterocycles. The van der Waals surface area contributed by atoms with Crippen LogP contribution in [-0.2, 0) is 6.18 Å². The summed E-state index contributed by atoms with van der Waals surface area (Å²) in [6.07, 6.45) is -2.73. The normalized spacial score (nSPS) is 12.2. The maximum atomic E-state index is 13.1. The molecule has 40 heavy (non-hydrogen) atoms. The summed E-state index contributed by atoms with van der Waals surface area (Å²) >= 11 is 0. The van der Waals surface area contributed by atoms with Gasteiger partial charge in [0, 0.05) is 22.8 Å². The van der Waals surface area contributed by atoms with E-state index in [1.165, 1.54) is 12.1 Å². The van der Waals surface area contributed by atoms with Gasteiger partial charge in [-0.25, -0.2) is 9.97 Å². The first-order valence-corrected chi connectivity index (χ1v) is 12.8. The Balaban J connectivity index is 1.37. The number of aryl methyl sites for hydroxylation is 2. The number of halogens is 3. The molecular weight excluding hydrogens is 513 g/mol. The van der Waals surface area contributed by atoms with Gasteiger partial charge in [0.2, 0.25) is 5.95 Å². The highest BCUT2D eigenvalue weighted by Gasteiger charge is 2.31. The van der Waals surface area contributed by atoms with Crippen LogP contribution in [0.15, 0.2) is 91.1 Å². The summed E-state index contributed by atoms with van der Waals surface area (Å²) in [5.74, 6) is -0.0586. The zero-order valence-electron chi connectivity index (χ0n) is 22.2. The molecule has 5 aromatic rings. The van der Waals surface area contributed by atoms with E-state index in [-0.39, 0.29) is 5.56 Å². The van der Waals surface area contributed by atoms with Gasteiger partial charge in [-0.05, 0) is 91.1 Å². The van der Waals surface area contributed by atoms with E-state index in [9.17, 15) is 18.0 Å². The van der Waals surface area contributed by atoms with E-state index < -0.39 is 23.7 Å². The third-order valence-electron chi connectivity index (χ3n) is 6.84. The van der Waals surface area contributed by atoms with Crippen molar-refractivity contribution in [1.82, 2.24) is 15.3 Å². The Labute approximate surface area is 230 Å². The second-order valence-electron chi connectivity index (χ2n) is 9.76. The van der Waals surface area contributed by atoms with Crippen LogP contribution in [-0.4, -0.2) is 15.9 Å². The molecule has 0 aliphatic carbocycles. The zero-order chi connectivity index (χ0) is 28.4. The van der Waals surface area contributed by atoms with Gasteiger partial charge in [0.15, 0.2) is 0 Å². The second kappa shape index (κ2) is 10.8. The van der Waals surface area contributed by atoms with Crippen molar-refractivity contribution >= 4 is 28.4 Å². The Hall–Kier alpha value is -4.72. The van der Waals surface area contributed by atoms with Crippen LogP contribution in [0, 0.1) is 13.8 Å². The van der Waals surface area contributed by atoms with Gasteiger partial charge in [0.1, 0.15) is 0 Å². The molecule has 0 bridgehead atoms. The molecular formula is C32H27F3N4O. The Kier molecular flexibility index (Phi) is 7.26. The van der Waals surface area contributed by atoms with Crippen molar-refractivity contribution in [2.24, 2.45) is 0 Å². The van der Waals surface area contributed by atoms with Crippen molar-refractivity contribution in [2.75, 3.05) is 5.32 Å². The lowest BCUT2D eigenvalue weighted by Gasteiger charge is -2.17. The summed E-state index contributed by atoms with van der Waals surface area (Å²) in [6.45, 7) is 5.82. The maximum absolute atomic E-state index is 13.1. The van der Waals surface area contributed by atoms with Crippen LogP contribution in [0.4, 0.5) is 24.8 Å². The predicted molar refractivity (Wildman–Crippen MR) is 151 cm³/mol. The maximum Gasteiger partial charge on any atom is 0.416 e. The number of para-hydroxylation sites is 1. The van der Waals surface area contributed by atoms with E-state index in [4.69, 9.17) is 0 Å². The number of nitrogens with one attached hydrogen (secondary N) is 2. The number of carbonyl (C=O) groups excluding carboxylic acids is 1. The van der Waals surface area contributed by atoms with E-state index in [1.54, 1.807) is 13.1 Å². The topological polar surface area (TPSA) is 66.9 Å².